The van der Waals surface area contributed by atoms with Crippen LogP contribution in [0, 0.1) is 0 Å². The van der Waals surface area contributed by atoms with Gasteiger partial charge in [-0.25, -0.2) is 0 Å². The standard InChI is InChI=1S/C19H38S.C13H26S/c1-3-5-6-7-8-9-10-11-12-13-14-15-16-17-19-20-18-4-2;1-3-5-6-7-8-9-10-11-13-14-12-4-2/h4H,2-3,5-19H2,1H3;4H,2-3,5-13H2,1H3. The highest BCUT2D eigenvalue weighted by Crippen LogP contribution is 2.14. The second kappa shape index (κ2) is 37.7. The Bertz CT molecular complexity index is 353. The van der Waals surface area contributed by atoms with Gasteiger partial charge in [-0.3, -0.25) is 0 Å². The molecule has 0 aromatic rings. The van der Waals surface area contributed by atoms with Crippen LogP contribution in [0.3, 0.4) is 0 Å². The molecule has 0 aromatic carbocycles. The van der Waals surface area contributed by atoms with E-state index in [1.807, 2.05) is 35.7 Å². The summed E-state index contributed by atoms with van der Waals surface area (Å²) in [5.74, 6) is 4.89. The highest BCUT2D eigenvalue weighted by Gasteiger charge is 1.94. The molecule has 0 atom stereocenters. The van der Waals surface area contributed by atoms with Crippen molar-refractivity contribution in [2.24, 2.45) is 0 Å². The normalized spacial score (nSPS) is 10.6. The zero-order valence-corrected chi connectivity index (χ0v) is 25.4. The van der Waals surface area contributed by atoms with Crippen LogP contribution < -0.4 is 0 Å². The Morgan fingerprint density at radius 2 is 0.618 bits per heavy atom. The van der Waals surface area contributed by atoms with Crippen LogP contribution in [0.5, 0.6) is 0 Å². The van der Waals surface area contributed by atoms with Crippen LogP contribution in [0.4, 0.5) is 0 Å². The summed E-state index contributed by atoms with van der Waals surface area (Å²) in [6.45, 7) is 12.0. The third-order valence-corrected chi connectivity index (χ3v) is 8.35. The van der Waals surface area contributed by atoms with Gasteiger partial charge in [0.1, 0.15) is 0 Å². The van der Waals surface area contributed by atoms with E-state index in [0.29, 0.717) is 0 Å². The molecule has 0 aliphatic rings. The molecule has 0 aliphatic carbocycles. The van der Waals surface area contributed by atoms with Crippen LogP contribution in [0.2, 0.25) is 0 Å². The van der Waals surface area contributed by atoms with Crippen molar-refractivity contribution in [2.75, 3.05) is 23.0 Å². The molecule has 0 radical (unpaired) electrons. The van der Waals surface area contributed by atoms with Gasteiger partial charge in [0.2, 0.25) is 0 Å². The largest absolute Gasteiger partial charge is 0.158 e. The number of thioether (sulfide) groups is 2. The van der Waals surface area contributed by atoms with E-state index in [4.69, 9.17) is 0 Å². The smallest absolute Gasteiger partial charge is 0.0110 e. The molecule has 2 heteroatoms. The molecule has 0 saturated heterocycles. The summed E-state index contributed by atoms with van der Waals surface area (Å²) < 4.78 is 0. The van der Waals surface area contributed by atoms with Gasteiger partial charge in [0.05, 0.1) is 0 Å². The van der Waals surface area contributed by atoms with Crippen LogP contribution in [0.15, 0.2) is 25.3 Å². The summed E-state index contributed by atoms with van der Waals surface area (Å²) in [6, 6.07) is 0. The van der Waals surface area contributed by atoms with Gasteiger partial charge in [-0.2, -0.15) is 23.5 Å². The highest BCUT2D eigenvalue weighted by molar-refractivity contribution is 7.99. The van der Waals surface area contributed by atoms with E-state index in [0.717, 1.165) is 11.5 Å². The average Bonchev–Trinajstić information content (AvgIpc) is 2.85. The number of rotatable bonds is 28. The van der Waals surface area contributed by atoms with E-state index in [9.17, 15) is 0 Å². The lowest BCUT2D eigenvalue weighted by molar-refractivity contribution is 0.538. The van der Waals surface area contributed by atoms with Crippen LogP contribution in [0.25, 0.3) is 0 Å². The van der Waals surface area contributed by atoms with E-state index in [1.165, 1.54) is 153 Å². The molecular formula is C32H64S2. The molecule has 0 saturated carbocycles. The van der Waals surface area contributed by atoms with Crippen molar-refractivity contribution in [3.05, 3.63) is 25.3 Å². The summed E-state index contributed by atoms with van der Waals surface area (Å²) in [7, 11) is 0. The molecular weight excluding hydrogens is 448 g/mol. The summed E-state index contributed by atoms with van der Waals surface area (Å²) in [6.07, 6.45) is 35.7. The van der Waals surface area contributed by atoms with E-state index < -0.39 is 0 Å². The molecule has 0 aromatic heterocycles. The molecule has 0 amide bonds. The van der Waals surface area contributed by atoms with Gasteiger partial charge in [0.15, 0.2) is 0 Å². The molecule has 0 spiro atoms. The Morgan fingerprint density at radius 3 is 0.853 bits per heavy atom. The first kappa shape index (κ1) is 36.3. The maximum absolute atomic E-state index is 3.75. The van der Waals surface area contributed by atoms with Crippen molar-refractivity contribution in [2.45, 2.75) is 155 Å². The van der Waals surface area contributed by atoms with Crippen LogP contribution in [-0.2, 0) is 0 Å². The van der Waals surface area contributed by atoms with Crippen molar-refractivity contribution < 1.29 is 0 Å². The summed E-state index contributed by atoms with van der Waals surface area (Å²) >= 11 is 4.03. The summed E-state index contributed by atoms with van der Waals surface area (Å²) in [5.41, 5.74) is 0. The fourth-order valence-electron chi connectivity index (χ4n) is 4.07. The molecule has 0 heterocycles. The highest BCUT2D eigenvalue weighted by atomic mass is 32.2. The second-order valence-corrected chi connectivity index (χ2v) is 12.1. The van der Waals surface area contributed by atoms with Crippen molar-refractivity contribution in [1.29, 1.82) is 0 Å². The van der Waals surface area contributed by atoms with E-state index in [2.05, 4.69) is 27.0 Å². The first-order valence-electron chi connectivity index (χ1n) is 15.2. The average molecular weight is 513 g/mol. The second-order valence-electron chi connectivity index (χ2n) is 9.80. The first-order valence-corrected chi connectivity index (χ1v) is 17.5. The predicted molar refractivity (Wildman–Crippen MR) is 168 cm³/mol. The van der Waals surface area contributed by atoms with E-state index >= 15 is 0 Å². The van der Waals surface area contributed by atoms with Crippen molar-refractivity contribution in [3.8, 4) is 0 Å². The lowest BCUT2D eigenvalue weighted by atomic mass is 10.0. The molecule has 0 bridgehead atoms. The number of hydrogen-bond acceptors (Lipinski definition) is 2. The van der Waals surface area contributed by atoms with Crippen molar-refractivity contribution in [3.63, 3.8) is 0 Å². The minimum atomic E-state index is 1.12. The van der Waals surface area contributed by atoms with Crippen LogP contribution >= 0.6 is 23.5 Å². The van der Waals surface area contributed by atoms with Gasteiger partial charge in [-0.15, -0.1) is 13.2 Å². The molecule has 204 valence electrons. The van der Waals surface area contributed by atoms with Crippen molar-refractivity contribution >= 4 is 23.5 Å². The number of hydrogen-bond donors (Lipinski definition) is 0. The Balaban J connectivity index is 0. The minimum absolute atomic E-state index is 1.12. The van der Waals surface area contributed by atoms with E-state index in [-0.39, 0.29) is 0 Å². The molecule has 0 rings (SSSR count). The molecule has 0 N–H and O–H groups in total. The lowest BCUT2D eigenvalue weighted by Crippen LogP contribution is -1.84. The monoisotopic (exact) mass is 512 g/mol. The molecule has 0 nitrogen and oxygen atoms in total. The van der Waals surface area contributed by atoms with Gasteiger partial charge < -0.3 is 0 Å². The third kappa shape index (κ3) is 39.4. The van der Waals surface area contributed by atoms with Gasteiger partial charge >= 0.3 is 0 Å². The first-order chi connectivity index (χ1) is 16.8. The minimum Gasteiger partial charge on any atom is -0.158 e. The SMILES string of the molecule is C=CCSCCCCCCCCCC.C=CCSCCCCCCCCCCCCCCCC. The fourth-order valence-corrected chi connectivity index (χ4v) is 5.55. The lowest BCUT2D eigenvalue weighted by Gasteiger charge is -2.03. The summed E-state index contributed by atoms with van der Waals surface area (Å²) in [4.78, 5) is 0. The summed E-state index contributed by atoms with van der Waals surface area (Å²) in [5, 5.41) is 0. The molecule has 0 aliphatic heterocycles. The van der Waals surface area contributed by atoms with E-state index in [1.54, 1.807) is 0 Å². The van der Waals surface area contributed by atoms with Gasteiger partial charge in [0, 0.05) is 11.5 Å². The Kier molecular flexibility index (Phi) is 40.3. The zero-order chi connectivity index (χ0) is 25.2. The Hall–Kier alpha value is 0.180. The van der Waals surface area contributed by atoms with Crippen LogP contribution in [0.1, 0.15) is 155 Å². The Morgan fingerprint density at radius 1 is 0.382 bits per heavy atom. The van der Waals surface area contributed by atoms with Gasteiger partial charge in [0.25, 0.3) is 0 Å². The van der Waals surface area contributed by atoms with Gasteiger partial charge in [-0.05, 0) is 24.3 Å². The van der Waals surface area contributed by atoms with Crippen LogP contribution in [-0.4, -0.2) is 23.0 Å². The van der Waals surface area contributed by atoms with Crippen molar-refractivity contribution in [1.82, 2.24) is 0 Å². The maximum atomic E-state index is 3.75. The topological polar surface area (TPSA) is 0 Å². The molecule has 34 heavy (non-hydrogen) atoms. The predicted octanol–water partition coefficient (Wildman–Crippen LogP) is 12.4. The molecule has 0 fully saturated rings. The molecule has 0 unspecified atom stereocenters. The fraction of sp³-hybridized carbons (Fsp3) is 0.875. The number of unbranched alkanes of at least 4 members (excludes halogenated alkanes) is 20. The van der Waals surface area contributed by atoms with Gasteiger partial charge in [-0.1, -0.05) is 154 Å². The maximum Gasteiger partial charge on any atom is 0.0110 e. The Labute approximate surface area is 226 Å². The quantitative estimate of drug-likeness (QED) is 0.0754. The zero-order valence-electron chi connectivity index (χ0n) is 23.8. The third-order valence-electron chi connectivity index (χ3n) is 6.26.